The monoisotopic (exact) mass is 206 g/mol. The van der Waals surface area contributed by atoms with E-state index >= 15 is 0 Å². The van der Waals surface area contributed by atoms with Crippen molar-refractivity contribution in [3.05, 3.63) is 29.3 Å². The molecule has 0 aromatic heterocycles. The zero-order chi connectivity index (χ0) is 10.7. The average molecular weight is 206 g/mol. The number of hydrogen-bond acceptors (Lipinski definition) is 3. The highest BCUT2D eigenvalue weighted by Crippen LogP contribution is 2.26. The fourth-order valence-corrected chi connectivity index (χ4v) is 2.06. The van der Waals surface area contributed by atoms with Gasteiger partial charge in [-0.3, -0.25) is 11.3 Å². The zero-order valence-corrected chi connectivity index (χ0v) is 9.12. The molecule has 1 aliphatic carbocycles. The first-order valence-corrected chi connectivity index (χ1v) is 5.51. The van der Waals surface area contributed by atoms with E-state index in [9.17, 15) is 0 Å². The van der Waals surface area contributed by atoms with Crippen LogP contribution in [0, 0.1) is 0 Å². The Morgan fingerprint density at radius 1 is 1.40 bits per heavy atom. The van der Waals surface area contributed by atoms with E-state index in [0.29, 0.717) is 6.54 Å². The Morgan fingerprint density at radius 3 is 3.00 bits per heavy atom. The predicted octanol–water partition coefficient (Wildman–Crippen LogP) is 1.41. The molecule has 1 unspecified atom stereocenters. The first-order chi connectivity index (χ1) is 7.29. The summed E-state index contributed by atoms with van der Waals surface area (Å²) in [6.07, 6.45) is 3.79. The van der Waals surface area contributed by atoms with Gasteiger partial charge in [0.05, 0.1) is 0 Å². The van der Waals surface area contributed by atoms with Gasteiger partial charge in [-0.15, -0.1) is 0 Å². The van der Waals surface area contributed by atoms with E-state index in [1.54, 1.807) is 0 Å². The van der Waals surface area contributed by atoms with Crippen molar-refractivity contribution in [3.8, 4) is 5.75 Å². The Morgan fingerprint density at radius 2 is 2.20 bits per heavy atom. The molecule has 0 radical (unpaired) electrons. The zero-order valence-electron chi connectivity index (χ0n) is 9.12. The molecule has 1 aromatic rings. The van der Waals surface area contributed by atoms with Crippen molar-refractivity contribution in [2.45, 2.75) is 32.3 Å². The number of ether oxygens (including phenoxy) is 1. The van der Waals surface area contributed by atoms with Gasteiger partial charge < -0.3 is 4.74 Å². The summed E-state index contributed by atoms with van der Waals surface area (Å²) in [5.74, 6) is 6.20. The molecule has 0 fully saturated rings. The molecule has 0 spiro atoms. The fraction of sp³-hybridized carbons (Fsp3) is 0.500. The minimum atomic E-state index is 0.106. The molecule has 0 bridgehead atoms. The van der Waals surface area contributed by atoms with Crippen LogP contribution in [0.1, 0.15) is 24.5 Å². The summed E-state index contributed by atoms with van der Waals surface area (Å²) in [5.41, 5.74) is 5.54. The second-order valence-corrected chi connectivity index (χ2v) is 4.12. The van der Waals surface area contributed by atoms with E-state index in [2.05, 4.69) is 23.6 Å². The molecule has 1 aliphatic rings. The normalized spacial score (nSPS) is 16.1. The van der Waals surface area contributed by atoms with E-state index in [1.165, 1.54) is 30.4 Å². The minimum Gasteiger partial charge on any atom is -0.489 e. The second-order valence-electron chi connectivity index (χ2n) is 4.12. The standard InChI is InChI=1S/C12H18N2O/c1-9(8-14-13)15-12-6-5-10-3-2-4-11(10)7-12/h5-7,9,14H,2-4,8,13H2,1H3. The van der Waals surface area contributed by atoms with E-state index in [-0.39, 0.29) is 6.10 Å². The molecule has 0 saturated carbocycles. The molecular formula is C12H18N2O. The SMILES string of the molecule is CC(CNN)Oc1ccc2c(c1)CCC2. The van der Waals surface area contributed by atoms with Gasteiger partial charge in [-0.2, -0.15) is 0 Å². The topological polar surface area (TPSA) is 47.3 Å². The van der Waals surface area contributed by atoms with Crippen LogP contribution in [-0.4, -0.2) is 12.6 Å². The lowest BCUT2D eigenvalue weighted by molar-refractivity contribution is 0.217. The van der Waals surface area contributed by atoms with Gasteiger partial charge in [0.2, 0.25) is 0 Å². The molecule has 3 nitrogen and oxygen atoms in total. The van der Waals surface area contributed by atoms with Crippen LogP contribution in [0.15, 0.2) is 18.2 Å². The third-order valence-corrected chi connectivity index (χ3v) is 2.81. The number of hydrazine groups is 1. The molecule has 0 heterocycles. The summed E-state index contributed by atoms with van der Waals surface area (Å²) < 4.78 is 5.74. The molecule has 1 aromatic carbocycles. The third-order valence-electron chi connectivity index (χ3n) is 2.81. The molecule has 3 N–H and O–H groups in total. The van der Waals surface area contributed by atoms with Crippen molar-refractivity contribution < 1.29 is 4.74 Å². The minimum absolute atomic E-state index is 0.106. The van der Waals surface area contributed by atoms with Gasteiger partial charge in [0, 0.05) is 6.54 Å². The Balaban J connectivity index is 2.03. The van der Waals surface area contributed by atoms with Crippen LogP contribution >= 0.6 is 0 Å². The number of nitrogens with one attached hydrogen (secondary N) is 1. The molecule has 3 heteroatoms. The van der Waals surface area contributed by atoms with Crippen LogP contribution in [0.2, 0.25) is 0 Å². The number of hydrogen-bond donors (Lipinski definition) is 2. The number of nitrogens with two attached hydrogens (primary N) is 1. The van der Waals surface area contributed by atoms with Crippen molar-refractivity contribution in [1.82, 2.24) is 5.43 Å². The first kappa shape index (κ1) is 10.5. The summed E-state index contributed by atoms with van der Waals surface area (Å²) in [5, 5.41) is 0. The van der Waals surface area contributed by atoms with Crippen LogP contribution in [0.5, 0.6) is 5.75 Å². The van der Waals surface area contributed by atoms with Gasteiger partial charge in [-0.25, -0.2) is 0 Å². The first-order valence-electron chi connectivity index (χ1n) is 5.51. The van der Waals surface area contributed by atoms with Crippen LogP contribution in [0.3, 0.4) is 0 Å². The largest absolute Gasteiger partial charge is 0.489 e. The third kappa shape index (κ3) is 2.49. The maximum atomic E-state index is 5.74. The maximum absolute atomic E-state index is 5.74. The highest BCUT2D eigenvalue weighted by molar-refractivity contribution is 5.38. The Labute approximate surface area is 90.6 Å². The van der Waals surface area contributed by atoms with Crippen molar-refractivity contribution in [2.75, 3.05) is 6.54 Å². The second kappa shape index (κ2) is 4.64. The van der Waals surface area contributed by atoms with E-state index in [0.717, 1.165) is 5.75 Å². The molecule has 0 aliphatic heterocycles. The van der Waals surface area contributed by atoms with Crippen LogP contribution in [0.25, 0.3) is 0 Å². The van der Waals surface area contributed by atoms with Gasteiger partial charge in [-0.05, 0) is 49.4 Å². The number of rotatable bonds is 4. The summed E-state index contributed by atoms with van der Waals surface area (Å²) in [4.78, 5) is 0. The number of aryl methyl sites for hydroxylation is 2. The summed E-state index contributed by atoms with van der Waals surface area (Å²) in [6.45, 7) is 2.67. The van der Waals surface area contributed by atoms with E-state index < -0.39 is 0 Å². The molecule has 82 valence electrons. The van der Waals surface area contributed by atoms with Crippen molar-refractivity contribution in [3.63, 3.8) is 0 Å². The van der Waals surface area contributed by atoms with Crippen LogP contribution in [-0.2, 0) is 12.8 Å². The lowest BCUT2D eigenvalue weighted by atomic mass is 10.1. The quantitative estimate of drug-likeness (QED) is 0.578. The molecule has 0 amide bonds. The van der Waals surface area contributed by atoms with Gasteiger partial charge >= 0.3 is 0 Å². The van der Waals surface area contributed by atoms with Crippen LogP contribution < -0.4 is 16.0 Å². The molecule has 15 heavy (non-hydrogen) atoms. The van der Waals surface area contributed by atoms with E-state index in [1.807, 2.05) is 6.92 Å². The molecule has 1 atom stereocenters. The summed E-state index contributed by atoms with van der Waals surface area (Å²) >= 11 is 0. The average Bonchev–Trinajstić information content (AvgIpc) is 2.65. The highest BCUT2D eigenvalue weighted by Gasteiger charge is 2.12. The Bertz CT molecular complexity index is 338. The number of fused-ring (bicyclic) bond motifs is 1. The van der Waals surface area contributed by atoms with Crippen LogP contribution in [0.4, 0.5) is 0 Å². The lowest BCUT2D eigenvalue weighted by Gasteiger charge is -2.14. The maximum Gasteiger partial charge on any atom is 0.120 e. The molecular weight excluding hydrogens is 188 g/mol. The summed E-state index contributed by atoms with van der Waals surface area (Å²) in [6, 6.07) is 6.40. The van der Waals surface area contributed by atoms with Crippen molar-refractivity contribution in [2.24, 2.45) is 5.84 Å². The van der Waals surface area contributed by atoms with E-state index in [4.69, 9.17) is 10.6 Å². The molecule has 2 rings (SSSR count). The van der Waals surface area contributed by atoms with Gasteiger partial charge in [0.15, 0.2) is 0 Å². The highest BCUT2D eigenvalue weighted by atomic mass is 16.5. The smallest absolute Gasteiger partial charge is 0.120 e. The van der Waals surface area contributed by atoms with Crippen molar-refractivity contribution >= 4 is 0 Å². The Kier molecular flexibility index (Phi) is 3.23. The molecule has 0 saturated heterocycles. The van der Waals surface area contributed by atoms with Gasteiger partial charge in [0.25, 0.3) is 0 Å². The Hall–Kier alpha value is -1.06. The number of benzene rings is 1. The fourth-order valence-electron chi connectivity index (χ4n) is 2.06. The predicted molar refractivity (Wildman–Crippen MR) is 60.7 cm³/mol. The lowest BCUT2D eigenvalue weighted by Crippen LogP contribution is -2.33. The van der Waals surface area contributed by atoms with Gasteiger partial charge in [-0.1, -0.05) is 6.07 Å². The summed E-state index contributed by atoms with van der Waals surface area (Å²) in [7, 11) is 0. The van der Waals surface area contributed by atoms with Crippen molar-refractivity contribution in [1.29, 1.82) is 0 Å². The van der Waals surface area contributed by atoms with Gasteiger partial charge in [0.1, 0.15) is 11.9 Å².